The van der Waals surface area contributed by atoms with Crippen molar-refractivity contribution in [3.05, 3.63) is 64.1 Å². The van der Waals surface area contributed by atoms with E-state index in [1.165, 1.54) is 7.11 Å². The monoisotopic (exact) mass is 373 g/mol. The van der Waals surface area contributed by atoms with E-state index >= 15 is 0 Å². The van der Waals surface area contributed by atoms with Crippen molar-refractivity contribution in [2.24, 2.45) is 0 Å². The lowest BCUT2D eigenvalue weighted by Gasteiger charge is -2.18. The Labute approximate surface area is 143 Å². The van der Waals surface area contributed by atoms with Crippen LogP contribution < -0.4 is 4.90 Å². The Morgan fingerprint density at radius 1 is 1.22 bits per heavy atom. The molecule has 0 N–H and O–H groups in total. The Balaban J connectivity index is 1.92. The lowest BCUT2D eigenvalue weighted by molar-refractivity contribution is -0.141. The third-order valence-corrected chi connectivity index (χ3v) is 4.52. The van der Waals surface area contributed by atoms with Gasteiger partial charge in [-0.3, -0.25) is 9.59 Å². The van der Waals surface area contributed by atoms with Crippen LogP contribution in [-0.2, 0) is 9.53 Å². The highest BCUT2D eigenvalue weighted by molar-refractivity contribution is 9.10. The van der Waals surface area contributed by atoms with Gasteiger partial charge >= 0.3 is 5.97 Å². The SMILES string of the molecule is COC(=O)CC1CN(C(=O)c2cccc(Br)c2)c2ccccc21. The van der Waals surface area contributed by atoms with Crippen molar-refractivity contribution in [3.8, 4) is 0 Å². The maximum Gasteiger partial charge on any atom is 0.306 e. The highest BCUT2D eigenvalue weighted by Gasteiger charge is 2.33. The molecule has 0 fully saturated rings. The number of rotatable bonds is 3. The van der Waals surface area contributed by atoms with E-state index in [1.807, 2.05) is 36.4 Å². The summed E-state index contributed by atoms with van der Waals surface area (Å²) >= 11 is 3.39. The number of halogens is 1. The number of esters is 1. The van der Waals surface area contributed by atoms with Crippen molar-refractivity contribution in [2.75, 3.05) is 18.6 Å². The normalized spacial score (nSPS) is 16.1. The van der Waals surface area contributed by atoms with E-state index in [0.717, 1.165) is 15.7 Å². The minimum Gasteiger partial charge on any atom is -0.469 e. The predicted octanol–water partition coefficient (Wildman–Crippen LogP) is 3.76. The molecule has 5 heteroatoms. The Bertz CT molecular complexity index is 759. The molecule has 0 saturated heterocycles. The number of hydrogen-bond donors (Lipinski definition) is 0. The van der Waals surface area contributed by atoms with Gasteiger partial charge in [0.1, 0.15) is 0 Å². The summed E-state index contributed by atoms with van der Waals surface area (Å²) in [4.78, 5) is 26.2. The fraction of sp³-hybridized carbons (Fsp3) is 0.222. The number of benzene rings is 2. The van der Waals surface area contributed by atoms with Crippen molar-refractivity contribution in [3.63, 3.8) is 0 Å². The van der Waals surface area contributed by atoms with E-state index in [2.05, 4.69) is 15.9 Å². The van der Waals surface area contributed by atoms with Gasteiger partial charge in [-0.25, -0.2) is 0 Å². The van der Waals surface area contributed by atoms with Gasteiger partial charge in [-0.1, -0.05) is 40.2 Å². The minimum absolute atomic E-state index is 0.0326. The first-order valence-corrected chi connectivity index (χ1v) is 8.12. The molecule has 0 aliphatic carbocycles. The average molecular weight is 374 g/mol. The summed E-state index contributed by atoms with van der Waals surface area (Å²) in [6, 6.07) is 15.0. The largest absolute Gasteiger partial charge is 0.469 e. The number of fused-ring (bicyclic) bond motifs is 1. The summed E-state index contributed by atoms with van der Waals surface area (Å²) in [6.45, 7) is 0.486. The Morgan fingerprint density at radius 3 is 2.74 bits per heavy atom. The van der Waals surface area contributed by atoms with E-state index < -0.39 is 0 Å². The molecule has 1 heterocycles. The summed E-state index contributed by atoms with van der Waals surface area (Å²) in [5.41, 5.74) is 2.50. The molecule has 1 aliphatic heterocycles. The highest BCUT2D eigenvalue weighted by atomic mass is 79.9. The highest BCUT2D eigenvalue weighted by Crippen LogP contribution is 2.39. The number of carbonyl (C=O) groups is 2. The van der Waals surface area contributed by atoms with Gasteiger partial charge in [0.25, 0.3) is 5.91 Å². The van der Waals surface area contributed by atoms with Crippen LogP contribution in [0.25, 0.3) is 0 Å². The summed E-state index contributed by atoms with van der Waals surface area (Å²) in [5.74, 6) is -0.359. The van der Waals surface area contributed by atoms with E-state index in [1.54, 1.807) is 17.0 Å². The number of carbonyl (C=O) groups excluding carboxylic acids is 2. The predicted molar refractivity (Wildman–Crippen MR) is 91.6 cm³/mol. The van der Waals surface area contributed by atoms with Crippen LogP contribution in [0.1, 0.15) is 28.3 Å². The zero-order valence-corrected chi connectivity index (χ0v) is 14.2. The molecule has 23 heavy (non-hydrogen) atoms. The molecule has 2 aromatic rings. The number of para-hydroxylation sites is 1. The first kappa shape index (κ1) is 15.7. The molecule has 2 aromatic carbocycles. The molecule has 0 bridgehead atoms. The van der Waals surface area contributed by atoms with Crippen LogP contribution in [0.15, 0.2) is 53.0 Å². The number of amides is 1. The van der Waals surface area contributed by atoms with Crippen molar-refractivity contribution in [1.82, 2.24) is 0 Å². The molecule has 1 unspecified atom stereocenters. The van der Waals surface area contributed by atoms with Gasteiger partial charge < -0.3 is 9.64 Å². The van der Waals surface area contributed by atoms with Gasteiger partial charge in [-0.2, -0.15) is 0 Å². The summed E-state index contributed by atoms with van der Waals surface area (Å²) in [5, 5.41) is 0. The number of methoxy groups -OCH3 is 1. The van der Waals surface area contributed by atoms with Gasteiger partial charge in [0, 0.05) is 28.2 Å². The average Bonchev–Trinajstić information content (AvgIpc) is 2.93. The molecule has 1 atom stereocenters. The van der Waals surface area contributed by atoms with Crippen molar-refractivity contribution >= 4 is 33.5 Å². The molecule has 1 amide bonds. The van der Waals surface area contributed by atoms with E-state index in [0.29, 0.717) is 12.1 Å². The fourth-order valence-corrected chi connectivity index (χ4v) is 3.32. The third kappa shape index (κ3) is 3.15. The van der Waals surface area contributed by atoms with Crippen LogP contribution in [0.2, 0.25) is 0 Å². The van der Waals surface area contributed by atoms with E-state index in [4.69, 9.17) is 4.74 Å². The number of anilines is 1. The summed E-state index contributed by atoms with van der Waals surface area (Å²) < 4.78 is 5.64. The van der Waals surface area contributed by atoms with Crippen LogP contribution in [-0.4, -0.2) is 25.5 Å². The first-order chi connectivity index (χ1) is 11.1. The lowest BCUT2D eigenvalue weighted by Crippen LogP contribution is -2.30. The lowest BCUT2D eigenvalue weighted by atomic mass is 9.98. The van der Waals surface area contributed by atoms with Crippen molar-refractivity contribution in [1.29, 1.82) is 0 Å². The third-order valence-electron chi connectivity index (χ3n) is 4.03. The number of nitrogens with zero attached hydrogens (tertiary/aromatic N) is 1. The standard InChI is InChI=1S/C18H16BrNO3/c1-23-17(21)10-13-11-20(16-8-3-2-7-15(13)16)18(22)12-5-4-6-14(19)9-12/h2-9,13H,10-11H2,1H3. The van der Waals surface area contributed by atoms with Crippen LogP contribution in [0.4, 0.5) is 5.69 Å². The molecule has 1 aliphatic rings. The molecule has 3 rings (SSSR count). The Hall–Kier alpha value is -2.14. The molecule has 0 radical (unpaired) electrons. The van der Waals surface area contributed by atoms with Crippen LogP contribution in [0.3, 0.4) is 0 Å². The number of hydrogen-bond acceptors (Lipinski definition) is 3. The molecular weight excluding hydrogens is 358 g/mol. The van der Waals surface area contributed by atoms with Gasteiger partial charge in [0.15, 0.2) is 0 Å². The topological polar surface area (TPSA) is 46.6 Å². The first-order valence-electron chi connectivity index (χ1n) is 7.33. The smallest absolute Gasteiger partial charge is 0.306 e. The Kier molecular flexibility index (Phi) is 4.48. The Morgan fingerprint density at radius 2 is 2.00 bits per heavy atom. The molecule has 0 spiro atoms. The van der Waals surface area contributed by atoms with E-state index in [9.17, 15) is 9.59 Å². The van der Waals surface area contributed by atoms with Crippen LogP contribution in [0.5, 0.6) is 0 Å². The summed E-state index contributed by atoms with van der Waals surface area (Å²) in [6.07, 6.45) is 0.274. The molecular formula is C18H16BrNO3. The van der Waals surface area contributed by atoms with Crippen LogP contribution >= 0.6 is 15.9 Å². The van der Waals surface area contributed by atoms with Gasteiger partial charge in [-0.15, -0.1) is 0 Å². The molecule has 4 nitrogen and oxygen atoms in total. The van der Waals surface area contributed by atoms with Crippen LogP contribution in [0, 0.1) is 0 Å². The maximum atomic E-state index is 12.9. The second-order valence-corrected chi connectivity index (χ2v) is 6.38. The fourth-order valence-electron chi connectivity index (χ4n) is 2.92. The molecule has 0 aromatic heterocycles. The summed E-state index contributed by atoms with van der Waals surface area (Å²) in [7, 11) is 1.38. The maximum absolute atomic E-state index is 12.9. The van der Waals surface area contributed by atoms with Crippen molar-refractivity contribution < 1.29 is 14.3 Å². The van der Waals surface area contributed by atoms with E-state index in [-0.39, 0.29) is 24.2 Å². The van der Waals surface area contributed by atoms with Crippen molar-refractivity contribution in [2.45, 2.75) is 12.3 Å². The minimum atomic E-state index is -0.262. The zero-order chi connectivity index (χ0) is 16.4. The molecule has 0 saturated carbocycles. The quantitative estimate of drug-likeness (QED) is 0.769. The zero-order valence-electron chi connectivity index (χ0n) is 12.7. The molecule has 118 valence electrons. The van der Waals surface area contributed by atoms with Gasteiger partial charge in [-0.05, 0) is 29.8 Å². The number of ether oxygens (including phenoxy) is 1. The second-order valence-electron chi connectivity index (χ2n) is 5.46. The van der Waals surface area contributed by atoms with Gasteiger partial charge in [0.05, 0.1) is 13.5 Å². The van der Waals surface area contributed by atoms with Gasteiger partial charge in [0.2, 0.25) is 0 Å². The second kappa shape index (κ2) is 6.54.